The van der Waals surface area contributed by atoms with Crippen molar-refractivity contribution < 1.29 is 19.1 Å². The Morgan fingerprint density at radius 3 is 2.14 bits per heavy atom. The topological polar surface area (TPSA) is 87.7 Å². The molecule has 0 aliphatic heterocycles. The monoisotopic (exact) mass is 481 g/mol. The summed E-state index contributed by atoms with van der Waals surface area (Å²) >= 11 is 0. The van der Waals surface area contributed by atoms with E-state index in [4.69, 9.17) is 4.74 Å². The van der Waals surface area contributed by atoms with E-state index in [1.807, 2.05) is 76.2 Å². The van der Waals surface area contributed by atoms with Crippen LogP contribution in [0.3, 0.4) is 0 Å². The van der Waals surface area contributed by atoms with Gasteiger partial charge in [0, 0.05) is 12.7 Å². The first-order valence-electron chi connectivity index (χ1n) is 12.0. The van der Waals surface area contributed by atoms with Crippen molar-refractivity contribution in [2.75, 3.05) is 12.4 Å². The summed E-state index contributed by atoms with van der Waals surface area (Å²) in [7, 11) is 1.59. The SMILES string of the molecule is CCC(C)C(NC(=O)OC(C)(C)C)C(=O)N(C)C(C(=O)Nc1ccccc1C)c1ccc(C)cc1. The van der Waals surface area contributed by atoms with E-state index in [0.29, 0.717) is 17.7 Å². The van der Waals surface area contributed by atoms with E-state index in [1.165, 1.54) is 4.90 Å². The third-order valence-corrected chi connectivity index (χ3v) is 5.93. The largest absolute Gasteiger partial charge is 0.444 e. The molecule has 3 amide bonds. The van der Waals surface area contributed by atoms with E-state index >= 15 is 0 Å². The zero-order valence-corrected chi connectivity index (χ0v) is 22.1. The molecule has 0 bridgehead atoms. The maximum atomic E-state index is 13.7. The molecule has 190 valence electrons. The lowest BCUT2D eigenvalue weighted by Crippen LogP contribution is -2.53. The maximum absolute atomic E-state index is 13.7. The number of amides is 3. The average Bonchev–Trinajstić information content (AvgIpc) is 2.78. The molecule has 0 aliphatic rings. The number of ether oxygens (including phenoxy) is 1. The molecule has 2 aromatic carbocycles. The van der Waals surface area contributed by atoms with E-state index in [-0.39, 0.29) is 17.7 Å². The molecule has 0 aromatic heterocycles. The van der Waals surface area contributed by atoms with Crippen LogP contribution in [0.1, 0.15) is 63.8 Å². The molecule has 35 heavy (non-hydrogen) atoms. The van der Waals surface area contributed by atoms with Gasteiger partial charge in [0.05, 0.1) is 0 Å². The first-order valence-corrected chi connectivity index (χ1v) is 12.0. The summed E-state index contributed by atoms with van der Waals surface area (Å²) in [6.45, 7) is 13.0. The summed E-state index contributed by atoms with van der Waals surface area (Å²) in [5.74, 6) is -0.870. The number of aryl methyl sites for hydroxylation is 2. The van der Waals surface area contributed by atoms with Gasteiger partial charge in [0.25, 0.3) is 5.91 Å². The lowest BCUT2D eigenvalue weighted by atomic mass is 9.96. The van der Waals surface area contributed by atoms with Crippen molar-refractivity contribution in [2.24, 2.45) is 5.92 Å². The van der Waals surface area contributed by atoms with Crippen LogP contribution in [0.15, 0.2) is 48.5 Å². The molecular formula is C28H39N3O4. The highest BCUT2D eigenvalue weighted by molar-refractivity contribution is 5.99. The van der Waals surface area contributed by atoms with Crippen molar-refractivity contribution in [1.29, 1.82) is 0 Å². The number of nitrogens with zero attached hydrogens (tertiary/aromatic N) is 1. The van der Waals surface area contributed by atoms with Crippen molar-refractivity contribution in [3.05, 3.63) is 65.2 Å². The van der Waals surface area contributed by atoms with Gasteiger partial charge in [-0.3, -0.25) is 9.59 Å². The van der Waals surface area contributed by atoms with E-state index in [9.17, 15) is 14.4 Å². The van der Waals surface area contributed by atoms with Crippen molar-refractivity contribution >= 4 is 23.6 Å². The Labute approximate surface area is 209 Å². The number of rotatable bonds is 8. The summed E-state index contributed by atoms with van der Waals surface area (Å²) < 4.78 is 5.39. The van der Waals surface area contributed by atoms with Gasteiger partial charge in [0.2, 0.25) is 5.91 Å². The van der Waals surface area contributed by atoms with Gasteiger partial charge in [-0.2, -0.15) is 0 Å². The Bertz CT molecular complexity index is 1030. The lowest BCUT2D eigenvalue weighted by Gasteiger charge is -2.33. The second kappa shape index (κ2) is 11.9. The minimum absolute atomic E-state index is 0.171. The number of nitrogens with one attached hydrogen (secondary N) is 2. The molecule has 0 spiro atoms. The minimum atomic E-state index is -0.894. The van der Waals surface area contributed by atoms with Crippen LogP contribution >= 0.6 is 0 Å². The number of alkyl carbamates (subject to hydrolysis) is 1. The van der Waals surface area contributed by atoms with Gasteiger partial charge in [-0.1, -0.05) is 68.3 Å². The number of para-hydroxylation sites is 1. The van der Waals surface area contributed by atoms with Gasteiger partial charge >= 0.3 is 6.09 Å². The Kier molecular flexibility index (Phi) is 9.46. The van der Waals surface area contributed by atoms with Crippen molar-refractivity contribution in [2.45, 2.75) is 72.6 Å². The summed E-state index contributed by atoms with van der Waals surface area (Å²) in [5.41, 5.74) is 2.63. The van der Waals surface area contributed by atoms with Gasteiger partial charge in [-0.25, -0.2) is 4.79 Å². The number of benzene rings is 2. The predicted octanol–water partition coefficient (Wildman–Crippen LogP) is 5.38. The summed E-state index contributed by atoms with van der Waals surface area (Å²) in [6, 6.07) is 13.3. The molecule has 0 saturated heterocycles. The third kappa shape index (κ3) is 7.84. The van der Waals surface area contributed by atoms with Crippen LogP contribution < -0.4 is 10.6 Å². The summed E-state index contributed by atoms with van der Waals surface area (Å²) in [5, 5.41) is 5.70. The van der Waals surface area contributed by atoms with Crippen molar-refractivity contribution in [3.8, 4) is 0 Å². The molecule has 2 aromatic rings. The third-order valence-electron chi connectivity index (χ3n) is 5.93. The number of hydrogen-bond acceptors (Lipinski definition) is 4. The average molecular weight is 482 g/mol. The zero-order chi connectivity index (χ0) is 26.3. The van der Waals surface area contributed by atoms with Gasteiger partial charge < -0.3 is 20.3 Å². The molecule has 0 saturated carbocycles. The summed E-state index contributed by atoms with van der Waals surface area (Å²) in [6.07, 6.45) is -0.00854. The molecule has 7 heteroatoms. The molecule has 7 nitrogen and oxygen atoms in total. The lowest BCUT2D eigenvalue weighted by molar-refractivity contribution is -0.140. The van der Waals surface area contributed by atoms with Crippen molar-refractivity contribution in [3.63, 3.8) is 0 Å². The predicted molar refractivity (Wildman–Crippen MR) is 139 cm³/mol. The fraction of sp³-hybridized carbons (Fsp3) is 0.464. The molecule has 3 unspecified atom stereocenters. The highest BCUT2D eigenvalue weighted by Crippen LogP contribution is 2.26. The highest BCUT2D eigenvalue weighted by Gasteiger charge is 2.36. The van der Waals surface area contributed by atoms with E-state index in [0.717, 1.165) is 11.1 Å². The van der Waals surface area contributed by atoms with Crippen LogP contribution in [0.2, 0.25) is 0 Å². The quantitative estimate of drug-likeness (QED) is 0.530. The molecule has 0 radical (unpaired) electrons. The van der Waals surface area contributed by atoms with Crippen LogP contribution in [-0.4, -0.2) is 41.5 Å². The van der Waals surface area contributed by atoms with E-state index in [2.05, 4.69) is 10.6 Å². The van der Waals surface area contributed by atoms with Crippen molar-refractivity contribution in [1.82, 2.24) is 10.2 Å². The van der Waals surface area contributed by atoms with Crippen LogP contribution in [-0.2, 0) is 14.3 Å². The first-order chi connectivity index (χ1) is 16.3. The fourth-order valence-corrected chi connectivity index (χ4v) is 3.68. The maximum Gasteiger partial charge on any atom is 0.408 e. The molecule has 0 aliphatic carbocycles. The second-order valence-corrected chi connectivity index (χ2v) is 10.1. The van der Waals surface area contributed by atoms with Crippen LogP contribution in [0.4, 0.5) is 10.5 Å². The number of anilines is 1. The van der Waals surface area contributed by atoms with Crippen LogP contribution in [0.25, 0.3) is 0 Å². The second-order valence-electron chi connectivity index (χ2n) is 10.1. The fourth-order valence-electron chi connectivity index (χ4n) is 3.68. The minimum Gasteiger partial charge on any atom is -0.444 e. The van der Waals surface area contributed by atoms with E-state index in [1.54, 1.807) is 27.8 Å². The Balaban J connectivity index is 2.40. The smallest absolute Gasteiger partial charge is 0.408 e. The molecule has 2 rings (SSSR count). The molecule has 0 fully saturated rings. The first kappa shape index (κ1) is 27.9. The van der Waals surface area contributed by atoms with Crippen LogP contribution in [0.5, 0.6) is 0 Å². The number of carbonyl (C=O) groups excluding carboxylic acids is 3. The summed E-state index contributed by atoms with van der Waals surface area (Å²) in [4.78, 5) is 41.2. The Hall–Kier alpha value is -3.35. The molecule has 2 N–H and O–H groups in total. The standard InChI is InChI=1S/C28H39N3O4/c1-9-19(3)23(30-27(34)35-28(5,6)7)26(33)31(8)24(21-16-14-18(2)15-17-21)25(32)29-22-13-11-10-12-20(22)4/h10-17,19,23-24H,9H2,1-8H3,(H,29,32)(H,30,34). The van der Waals surface area contributed by atoms with Gasteiger partial charge in [-0.15, -0.1) is 0 Å². The Morgan fingerprint density at radius 2 is 1.60 bits per heavy atom. The molecule has 0 heterocycles. The van der Waals surface area contributed by atoms with Crippen LogP contribution in [0, 0.1) is 19.8 Å². The molecular weight excluding hydrogens is 442 g/mol. The normalized spacial score (nSPS) is 13.8. The van der Waals surface area contributed by atoms with Gasteiger partial charge in [0.15, 0.2) is 0 Å². The van der Waals surface area contributed by atoms with E-state index < -0.39 is 23.8 Å². The van der Waals surface area contributed by atoms with Gasteiger partial charge in [0.1, 0.15) is 17.7 Å². The number of carbonyl (C=O) groups is 3. The zero-order valence-electron chi connectivity index (χ0n) is 22.1. The highest BCUT2D eigenvalue weighted by atomic mass is 16.6. The molecule has 3 atom stereocenters. The van der Waals surface area contributed by atoms with Gasteiger partial charge in [-0.05, 0) is 57.7 Å². The number of hydrogen-bond donors (Lipinski definition) is 2. The Morgan fingerprint density at radius 1 is 1.00 bits per heavy atom. The number of likely N-dealkylation sites (N-methyl/N-ethyl adjacent to an activating group) is 1.